The monoisotopic (exact) mass is 298 g/mol. The molecule has 1 fully saturated rings. The van der Waals surface area contributed by atoms with Gasteiger partial charge in [-0.15, -0.1) is 0 Å². The zero-order valence-corrected chi connectivity index (χ0v) is 12.6. The number of aryl methyl sites for hydroxylation is 1. The Labute approximate surface area is 129 Å². The number of hydrogen-bond donors (Lipinski definition) is 0. The minimum absolute atomic E-state index is 0.625. The number of nitrogens with zero attached hydrogens (tertiary/aromatic N) is 6. The van der Waals surface area contributed by atoms with Crippen LogP contribution in [0.3, 0.4) is 0 Å². The fraction of sp³-hybridized carbons (Fsp3) is 0.467. The highest BCUT2D eigenvalue weighted by Gasteiger charge is 2.21. The van der Waals surface area contributed by atoms with Crippen LogP contribution in [0.25, 0.3) is 0 Å². The molecule has 7 nitrogen and oxygen atoms in total. The van der Waals surface area contributed by atoms with E-state index in [1.807, 2.05) is 6.92 Å². The number of aromatic nitrogens is 3. The molecule has 0 aliphatic carbocycles. The van der Waals surface area contributed by atoms with E-state index in [9.17, 15) is 0 Å². The molecule has 0 N–H and O–H groups in total. The van der Waals surface area contributed by atoms with E-state index >= 15 is 0 Å². The number of hydrogen-bond acceptors (Lipinski definition) is 7. The Morgan fingerprint density at radius 3 is 2.82 bits per heavy atom. The summed E-state index contributed by atoms with van der Waals surface area (Å²) in [7, 11) is 0. The number of nitriles is 1. The van der Waals surface area contributed by atoms with Crippen LogP contribution in [0.15, 0.2) is 22.9 Å². The van der Waals surface area contributed by atoms with Crippen molar-refractivity contribution in [3.63, 3.8) is 0 Å². The summed E-state index contributed by atoms with van der Waals surface area (Å²) >= 11 is 0. The van der Waals surface area contributed by atoms with Crippen LogP contribution in [-0.2, 0) is 13.0 Å². The summed E-state index contributed by atoms with van der Waals surface area (Å²) in [6.07, 6.45) is 2.52. The van der Waals surface area contributed by atoms with Gasteiger partial charge in [0, 0.05) is 38.8 Å². The van der Waals surface area contributed by atoms with Crippen LogP contribution < -0.4 is 4.90 Å². The molecule has 114 valence electrons. The first-order valence-electron chi connectivity index (χ1n) is 7.44. The normalized spacial score (nSPS) is 15.7. The number of anilines is 1. The van der Waals surface area contributed by atoms with E-state index in [2.05, 4.69) is 31.0 Å². The van der Waals surface area contributed by atoms with E-state index in [0.29, 0.717) is 18.0 Å². The average Bonchev–Trinajstić information content (AvgIpc) is 3.03. The SMILES string of the molecule is CCc1noc(CN2CCN(c3ncccc3C#N)CC2)n1. The van der Waals surface area contributed by atoms with E-state index < -0.39 is 0 Å². The van der Waals surface area contributed by atoms with Gasteiger partial charge in [0.1, 0.15) is 11.9 Å². The van der Waals surface area contributed by atoms with Crippen LogP contribution in [-0.4, -0.2) is 46.2 Å². The Morgan fingerprint density at radius 2 is 2.14 bits per heavy atom. The van der Waals surface area contributed by atoms with Crippen LogP contribution in [0.5, 0.6) is 0 Å². The largest absolute Gasteiger partial charge is 0.353 e. The molecule has 1 aliphatic heterocycles. The summed E-state index contributed by atoms with van der Waals surface area (Å²) in [4.78, 5) is 13.1. The molecule has 0 aromatic carbocycles. The molecular formula is C15H18N6O. The van der Waals surface area contributed by atoms with E-state index in [4.69, 9.17) is 9.78 Å². The first-order chi connectivity index (χ1) is 10.8. The van der Waals surface area contributed by atoms with Gasteiger partial charge in [0.25, 0.3) is 0 Å². The molecular weight excluding hydrogens is 280 g/mol. The third kappa shape index (κ3) is 3.07. The van der Waals surface area contributed by atoms with E-state index in [-0.39, 0.29) is 0 Å². The van der Waals surface area contributed by atoms with Crippen LogP contribution in [0.4, 0.5) is 5.82 Å². The van der Waals surface area contributed by atoms with Crippen molar-refractivity contribution in [1.29, 1.82) is 5.26 Å². The zero-order chi connectivity index (χ0) is 15.4. The molecule has 3 heterocycles. The maximum Gasteiger partial charge on any atom is 0.240 e. The lowest BCUT2D eigenvalue weighted by molar-refractivity contribution is 0.215. The number of rotatable bonds is 4. The first-order valence-corrected chi connectivity index (χ1v) is 7.44. The third-order valence-electron chi connectivity index (χ3n) is 3.76. The molecule has 0 amide bonds. The summed E-state index contributed by atoms with van der Waals surface area (Å²) < 4.78 is 5.23. The van der Waals surface area contributed by atoms with Crippen molar-refractivity contribution in [3.8, 4) is 6.07 Å². The highest BCUT2D eigenvalue weighted by atomic mass is 16.5. The minimum Gasteiger partial charge on any atom is -0.353 e. The van der Waals surface area contributed by atoms with Gasteiger partial charge >= 0.3 is 0 Å². The lowest BCUT2D eigenvalue weighted by Gasteiger charge is -2.34. The third-order valence-corrected chi connectivity index (χ3v) is 3.76. The van der Waals surface area contributed by atoms with Crippen LogP contribution in [0, 0.1) is 11.3 Å². The molecule has 1 saturated heterocycles. The van der Waals surface area contributed by atoms with Crippen molar-refractivity contribution in [2.75, 3.05) is 31.1 Å². The van der Waals surface area contributed by atoms with Gasteiger partial charge < -0.3 is 9.42 Å². The summed E-state index contributed by atoms with van der Waals surface area (Å²) in [5, 5.41) is 13.1. The van der Waals surface area contributed by atoms with E-state index in [0.717, 1.165) is 44.2 Å². The highest BCUT2D eigenvalue weighted by molar-refractivity contribution is 5.53. The van der Waals surface area contributed by atoms with Gasteiger partial charge in [0.15, 0.2) is 5.82 Å². The standard InChI is InChI=1S/C15H18N6O/c1-2-13-18-14(22-19-13)11-20-6-8-21(9-7-20)15-12(10-16)4-3-5-17-15/h3-5H,2,6-9,11H2,1H3. The summed E-state index contributed by atoms with van der Waals surface area (Å²) in [5.41, 5.74) is 0.625. The lowest BCUT2D eigenvalue weighted by Crippen LogP contribution is -2.46. The maximum atomic E-state index is 9.17. The Kier molecular flexibility index (Phi) is 4.30. The van der Waals surface area contributed by atoms with Gasteiger partial charge in [0.2, 0.25) is 5.89 Å². The quantitative estimate of drug-likeness (QED) is 0.839. The van der Waals surface area contributed by atoms with E-state index in [1.54, 1.807) is 18.3 Å². The fourth-order valence-electron chi connectivity index (χ4n) is 2.54. The lowest BCUT2D eigenvalue weighted by atomic mass is 10.2. The van der Waals surface area contributed by atoms with Crippen molar-refractivity contribution in [2.45, 2.75) is 19.9 Å². The van der Waals surface area contributed by atoms with Gasteiger partial charge in [-0.05, 0) is 12.1 Å². The molecule has 2 aromatic rings. The van der Waals surface area contributed by atoms with Gasteiger partial charge in [0.05, 0.1) is 12.1 Å². The van der Waals surface area contributed by atoms with Gasteiger partial charge in [-0.2, -0.15) is 10.2 Å². The second kappa shape index (κ2) is 6.54. The Bertz CT molecular complexity index is 669. The first kappa shape index (κ1) is 14.5. The molecule has 0 unspecified atom stereocenters. The second-order valence-electron chi connectivity index (χ2n) is 5.21. The predicted molar refractivity (Wildman–Crippen MR) is 80.1 cm³/mol. The summed E-state index contributed by atoms with van der Waals surface area (Å²) in [6.45, 7) is 6.11. The Balaban J connectivity index is 1.59. The zero-order valence-electron chi connectivity index (χ0n) is 12.6. The minimum atomic E-state index is 0.625. The topological polar surface area (TPSA) is 82.1 Å². The van der Waals surface area contributed by atoms with E-state index in [1.165, 1.54) is 0 Å². The van der Waals surface area contributed by atoms with Crippen molar-refractivity contribution in [1.82, 2.24) is 20.0 Å². The van der Waals surface area contributed by atoms with Gasteiger partial charge in [-0.3, -0.25) is 4.90 Å². The number of pyridine rings is 1. The molecule has 0 bridgehead atoms. The molecule has 1 aliphatic rings. The molecule has 3 rings (SSSR count). The van der Waals surface area contributed by atoms with Crippen LogP contribution in [0.2, 0.25) is 0 Å². The maximum absolute atomic E-state index is 9.17. The van der Waals surface area contributed by atoms with Crippen LogP contribution >= 0.6 is 0 Å². The Hall–Kier alpha value is -2.46. The summed E-state index contributed by atoms with van der Waals surface area (Å²) in [5.74, 6) is 2.19. The predicted octanol–water partition coefficient (Wildman–Crippen LogP) is 1.22. The van der Waals surface area contributed by atoms with Crippen molar-refractivity contribution in [3.05, 3.63) is 35.6 Å². The molecule has 22 heavy (non-hydrogen) atoms. The Morgan fingerprint density at radius 1 is 1.32 bits per heavy atom. The van der Waals surface area contributed by atoms with Crippen molar-refractivity contribution >= 4 is 5.82 Å². The smallest absolute Gasteiger partial charge is 0.240 e. The molecule has 0 spiro atoms. The molecule has 0 atom stereocenters. The molecule has 2 aromatic heterocycles. The fourth-order valence-corrected chi connectivity index (χ4v) is 2.54. The highest BCUT2D eigenvalue weighted by Crippen LogP contribution is 2.18. The second-order valence-corrected chi connectivity index (χ2v) is 5.21. The van der Waals surface area contributed by atoms with Crippen molar-refractivity contribution in [2.24, 2.45) is 0 Å². The number of piperazine rings is 1. The van der Waals surface area contributed by atoms with Gasteiger partial charge in [-0.25, -0.2) is 4.98 Å². The summed E-state index contributed by atoms with van der Waals surface area (Å²) in [6, 6.07) is 5.80. The average molecular weight is 298 g/mol. The van der Waals surface area contributed by atoms with Crippen molar-refractivity contribution < 1.29 is 4.52 Å². The van der Waals surface area contributed by atoms with Gasteiger partial charge in [-0.1, -0.05) is 12.1 Å². The molecule has 0 radical (unpaired) electrons. The van der Waals surface area contributed by atoms with Crippen LogP contribution in [0.1, 0.15) is 24.2 Å². The molecule has 7 heteroatoms. The molecule has 0 saturated carbocycles.